The molecule has 0 bridgehead atoms. The van der Waals surface area contributed by atoms with E-state index in [1.807, 2.05) is 45.0 Å². The van der Waals surface area contributed by atoms with Crippen LogP contribution in [-0.2, 0) is 0 Å². The van der Waals surface area contributed by atoms with Crippen molar-refractivity contribution >= 4 is 16.7 Å². The van der Waals surface area contributed by atoms with Gasteiger partial charge in [-0.15, -0.1) is 0 Å². The second-order valence-electron chi connectivity index (χ2n) is 5.42. The quantitative estimate of drug-likeness (QED) is 0.808. The summed E-state index contributed by atoms with van der Waals surface area (Å²) in [5.74, 6) is -0.249. The number of rotatable bonds is 1. The van der Waals surface area contributed by atoms with Crippen molar-refractivity contribution in [1.82, 2.24) is 5.32 Å². The molecule has 0 saturated carbocycles. The molecule has 0 radical (unpaired) electrons. The molecule has 2 rings (SSSR count). The number of nitrogens with one attached hydrogen (secondary N) is 1. The fraction of sp³-hybridized carbons (Fsp3) is 0.267. The number of phenolic OH excluding ortho intramolecular Hbond substituents is 1. The van der Waals surface area contributed by atoms with E-state index < -0.39 is 0 Å². The molecule has 3 nitrogen and oxygen atoms in total. The van der Waals surface area contributed by atoms with Crippen molar-refractivity contribution in [2.75, 3.05) is 0 Å². The molecule has 1 amide bonds. The predicted octanol–water partition coefficient (Wildman–Crippen LogP) is 3.07. The Kier molecular flexibility index (Phi) is 2.99. The van der Waals surface area contributed by atoms with Crippen LogP contribution in [0.3, 0.4) is 0 Å². The minimum absolute atomic E-state index is 0.00968. The molecule has 0 saturated heterocycles. The first-order chi connectivity index (χ1) is 8.37. The van der Waals surface area contributed by atoms with Gasteiger partial charge in [0.15, 0.2) is 0 Å². The molecule has 0 fully saturated rings. The van der Waals surface area contributed by atoms with E-state index in [0.717, 1.165) is 10.8 Å². The van der Waals surface area contributed by atoms with Crippen molar-refractivity contribution in [2.24, 2.45) is 0 Å². The van der Waals surface area contributed by atoms with Gasteiger partial charge < -0.3 is 10.4 Å². The van der Waals surface area contributed by atoms with E-state index >= 15 is 0 Å². The van der Waals surface area contributed by atoms with Gasteiger partial charge >= 0.3 is 0 Å². The second kappa shape index (κ2) is 4.33. The van der Waals surface area contributed by atoms with Crippen molar-refractivity contribution < 1.29 is 9.90 Å². The molecule has 2 aromatic carbocycles. The van der Waals surface area contributed by atoms with E-state index in [1.165, 1.54) is 0 Å². The first-order valence-corrected chi connectivity index (χ1v) is 5.91. The molecule has 0 heterocycles. The van der Waals surface area contributed by atoms with Crippen LogP contribution < -0.4 is 5.32 Å². The molecule has 0 aliphatic heterocycles. The highest BCUT2D eigenvalue weighted by Crippen LogP contribution is 2.25. The summed E-state index contributed by atoms with van der Waals surface area (Å²) in [5.41, 5.74) is -0.0153. The summed E-state index contributed by atoms with van der Waals surface area (Å²) in [4.78, 5) is 12.1. The van der Waals surface area contributed by atoms with Crippen molar-refractivity contribution in [3.8, 4) is 5.75 Å². The molecule has 0 spiro atoms. The van der Waals surface area contributed by atoms with Gasteiger partial charge in [-0.25, -0.2) is 0 Å². The number of carbonyl (C=O) groups is 1. The number of benzene rings is 2. The molecule has 0 atom stereocenters. The SMILES string of the molecule is CC(C)(C)NC(=O)c1cc2ccccc2cc1O. The minimum Gasteiger partial charge on any atom is -0.507 e. The highest BCUT2D eigenvalue weighted by molar-refractivity contribution is 6.01. The van der Waals surface area contributed by atoms with Crippen LogP contribution in [0.1, 0.15) is 31.1 Å². The van der Waals surface area contributed by atoms with Gasteiger partial charge in [-0.3, -0.25) is 4.79 Å². The Morgan fingerprint density at radius 3 is 2.22 bits per heavy atom. The Morgan fingerprint density at radius 1 is 1.11 bits per heavy atom. The maximum absolute atomic E-state index is 12.1. The van der Waals surface area contributed by atoms with Crippen LogP contribution in [0.15, 0.2) is 36.4 Å². The lowest BCUT2D eigenvalue weighted by Crippen LogP contribution is -2.40. The van der Waals surface area contributed by atoms with Gasteiger partial charge in [-0.05, 0) is 43.7 Å². The first kappa shape index (κ1) is 12.4. The normalized spacial score (nSPS) is 11.5. The van der Waals surface area contributed by atoms with E-state index in [1.54, 1.807) is 12.1 Å². The molecule has 2 aromatic rings. The van der Waals surface area contributed by atoms with Gasteiger partial charge in [0.25, 0.3) is 5.91 Å². The van der Waals surface area contributed by atoms with Crippen molar-refractivity contribution in [3.63, 3.8) is 0 Å². The standard InChI is InChI=1S/C15H17NO2/c1-15(2,3)16-14(18)12-8-10-6-4-5-7-11(10)9-13(12)17/h4-9,17H,1-3H3,(H,16,18). The molecule has 3 heteroatoms. The molecular formula is C15H17NO2. The van der Waals surface area contributed by atoms with Gasteiger partial charge in [-0.1, -0.05) is 24.3 Å². The Labute approximate surface area is 106 Å². The summed E-state index contributed by atoms with van der Waals surface area (Å²) < 4.78 is 0. The molecular weight excluding hydrogens is 226 g/mol. The fourth-order valence-electron chi connectivity index (χ4n) is 1.82. The Morgan fingerprint density at radius 2 is 1.67 bits per heavy atom. The average Bonchev–Trinajstić information content (AvgIpc) is 2.25. The maximum atomic E-state index is 12.1. The van der Waals surface area contributed by atoms with Crippen LogP contribution in [0.4, 0.5) is 0 Å². The largest absolute Gasteiger partial charge is 0.507 e. The average molecular weight is 243 g/mol. The third-order valence-corrected chi connectivity index (χ3v) is 2.60. The van der Waals surface area contributed by atoms with Gasteiger partial charge in [0.1, 0.15) is 5.75 Å². The number of carbonyl (C=O) groups excluding carboxylic acids is 1. The van der Waals surface area contributed by atoms with Crippen molar-refractivity contribution in [1.29, 1.82) is 0 Å². The summed E-state index contributed by atoms with van der Waals surface area (Å²) in [7, 11) is 0. The van der Waals surface area contributed by atoms with E-state index in [0.29, 0.717) is 5.56 Å². The Bertz CT molecular complexity index is 597. The van der Waals surface area contributed by atoms with E-state index in [9.17, 15) is 9.90 Å². The predicted molar refractivity (Wildman–Crippen MR) is 72.8 cm³/mol. The summed E-state index contributed by atoms with van der Waals surface area (Å²) in [6, 6.07) is 11.0. The minimum atomic E-state index is -0.324. The van der Waals surface area contributed by atoms with Gasteiger partial charge in [0.2, 0.25) is 0 Å². The van der Waals surface area contributed by atoms with Crippen LogP contribution in [-0.4, -0.2) is 16.6 Å². The highest BCUT2D eigenvalue weighted by atomic mass is 16.3. The Balaban J connectivity index is 2.45. The first-order valence-electron chi connectivity index (χ1n) is 5.91. The highest BCUT2D eigenvalue weighted by Gasteiger charge is 2.18. The number of fused-ring (bicyclic) bond motifs is 1. The van der Waals surface area contributed by atoms with Gasteiger partial charge in [0, 0.05) is 5.54 Å². The molecule has 0 aliphatic rings. The molecule has 0 aliphatic carbocycles. The topological polar surface area (TPSA) is 49.3 Å². The number of aromatic hydroxyl groups is 1. The monoisotopic (exact) mass is 243 g/mol. The summed E-state index contributed by atoms with van der Waals surface area (Å²) in [6.07, 6.45) is 0. The molecule has 0 aromatic heterocycles. The molecule has 18 heavy (non-hydrogen) atoms. The molecule has 2 N–H and O–H groups in total. The lowest BCUT2D eigenvalue weighted by atomic mass is 10.0. The second-order valence-corrected chi connectivity index (χ2v) is 5.42. The van der Waals surface area contributed by atoms with Gasteiger partial charge in [0.05, 0.1) is 5.56 Å². The number of hydrogen-bond acceptors (Lipinski definition) is 2. The zero-order valence-corrected chi connectivity index (χ0v) is 10.8. The third-order valence-electron chi connectivity index (χ3n) is 2.60. The number of phenols is 1. The summed E-state index contributed by atoms with van der Waals surface area (Å²) in [5, 5.41) is 14.6. The van der Waals surface area contributed by atoms with Crippen LogP contribution >= 0.6 is 0 Å². The third kappa shape index (κ3) is 2.62. The maximum Gasteiger partial charge on any atom is 0.255 e. The molecule has 0 unspecified atom stereocenters. The smallest absolute Gasteiger partial charge is 0.255 e. The van der Waals surface area contributed by atoms with E-state index in [4.69, 9.17) is 0 Å². The van der Waals surface area contributed by atoms with Crippen LogP contribution in [0.25, 0.3) is 10.8 Å². The Hall–Kier alpha value is -2.03. The fourth-order valence-corrected chi connectivity index (χ4v) is 1.82. The summed E-state index contributed by atoms with van der Waals surface area (Å²) >= 11 is 0. The van der Waals surface area contributed by atoms with Crippen molar-refractivity contribution in [3.05, 3.63) is 42.0 Å². The van der Waals surface area contributed by atoms with Gasteiger partial charge in [-0.2, -0.15) is 0 Å². The summed E-state index contributed by atoms with van der Waals surface area (Å²) in [6.45, 7) is 5.72. The molecule has 94 valence electrons. The van der Waals surface area contributed by atoms with Crippen molar-refractivity contribution in [2.45, 2.75) is 26.3 Å². The van der Waals surface area contributed by atoms with Crippen LogP contribution in [0.2, 0.25) is 0 Å². The number of hydrogen-bond donors (Lipinski definition) is 2. The zero-order valence-electron chi connectivity index (χ0n) is 10.8. The van der Waals surface area contributed by atoms with Crippen LogP contribution in [0.5, 0.6) is 5.75 Å². The lowest BCUT2D eigenvalue weighted by molar-refractivity contribution is 0.0917. The number of amides is 1. The van der Waals surface area contributed by atoms with E-state index in [2.05, 4.69) is 5.32 Å². The van der Waals surface area contributed by atoms with E-state index in [-0.39, 0.29) is 17.2 Å². The lowest BCUT2D eigenvalue weighted by Gasteiger charge is -2.21. The zero-order chi connectivity index (χ0) is 13.3. The van der Waals surface area contributed by atoms with Crippen LogP contribution in [0, 0.1) is 0 Å².